The van der Waals surface area contributed by atoms with Crippen LogP contribution in [0.2, 0.25) is 0 Å². The SMILES string of the molecule is COC(=O)N1CCc2cc3c(cc2C1C)OCO3. The van der Waals surface area contributed by atoms with Gasteiger partial charge in [0, 0.05) is 6.54 Å². The van der Waals surface area contributed by atoms with Crippen molar-refractivity contribution in [1.82, 2.24) is 4.90 Å². The lowest BCUT2D eigenvalue weighted by Crippen LogP contribution is -2.38. The highest BCUT2D eigenvalue weighted by Gasteiger charge is 2.30. The van der Waals surface area contributed by atoms with Crippen LogP contribution in [0.3, 0.4) is 0 Å². The Morgan fingerprint density at radius 3 is 2.83 bits per heavy atom. The maximum atomic E-state index is 11.7. The molecule has 3 rings (SSSR count). The number of ether oxygens (including phenoxy) is 3. The molecule has 0 saturated carbocycles. The van der Waals surface area contributed by atoms with Gasteiger partial charge >= 0.3 is 6.09 Å². The van der Waals surface area contributed by atoms with Crippen molar-refractivity contribution in [1.29, 1.82) is 0 Å². The maximum absolute atomic E-state index is 11.7. The molecule has 18 heavy (non-hydrogen) atoms. The van der Waals surface area contributed by atoms with Gasteiger partial charge in [0.25, 0.3) is 0 Å². The van der Waals surface area contributed by atoms with Gasteiger partial charge in [-0.05, 0) is 36.6 Å². The second-order valence-corrected chi connectivity index (χ2v) is 4.49. The van der Waals surface area contributed by atoms with E-state index < -0.39 is 0 Å². The van der Waals surface area contributed by atoms with Crippen LogP contribution in [0.5, 0.6) is 11.5 Å². The summed E-state index contributed by atoms with van der Waals surface area (Å²) in [7, 11) is 1.41. The molecule has 1 atom stereocenters. The van der Waals surface area contributed by atoms with Crippen molar-refractivity contribution in [2.45, 2.75) is 19.4 Å². The third kappa shape index (κ3) is 1.58. The van der Waals surface area contributed by atoms with Crippen LogP contribution >= 0.6 is 0 Å². The number of benzene rings is 1. The zero-order valence-corrected chi connectivity index (χ0v) is 10.4. The molecule has 0 N–H and O–H groups in total. The number of nitrogens with zero attached hydrogens (tertiary/aromatic N) is 1. The molecular weight excluding hydrogens is 234 g/mol. The van der Waals surface area contributed by atoms with E-state index in [4.69, 9.17) is 14.2 Å². The minimum atomic E-state index is -0.286. The average Bonchev–Trinajstić information content (AvgIpc) is 2.83. The Kier molecular flexibility index (Phi) is 2.54. The highest BCUT2D eigenvalue weighted by Crippen LogP contribution is 2.40. The molecule has 0 aromatic heterocycles. The third-order valence-electron chi connectivity index (χ3n) is 3.58. The smallest absolute Gasteiger partial charge is 0.409 e. The number of fused-ring (bicyclic) bond motifs is 2. The van der Waals surface area contributed by atoms with Gasteiger partial charge in [-0.1, -0.05) is 0 Å². The molecule has 2 heterocycles. The van der Waals surface area contributed by atoms with E-state index in [2.05, 4.69) is 0 Å². The van der Waals surface area contributed by atoms with Crippen LogP contribution in [0.25, 0.3) is 0 Å². The van der Waals surface area contributed by atoms with Gasteiger partial charge in [-0.25, -0.2) is 4.79 Å². The first-order chi connectivity index (χ1) is 8.70. The molecule has 5 nitrogen and oxygen atoms in total. The van der Waals surface area contributed by atoms with Crippen LogP contribution in [-0.2, 0) is 11.2 Å². The number of carbonyl (C=O) groups is 1. The Bertz CT molecular complexity index is 500. The summed E-state index contributed by atoms with van der Waals surface area (Å²) >= 11 is 0. The molecule has 0 fully saturated rings. The monoisotopic (exact) mass is 249 g/mol. The normalized spacial score (nSPS) is 20.6. The fraction of sp³-hybridized carbons (Fsp3) is 0.462. The maximum Gasteiger partial charge on any atom is 0.409 e. The van der Waals surface area contributed by atoms with Gasteiger partial charge in [0.05, 0.1) is 13.2 Å². The minimum Gasteiger partial charge on any atom is -0.454 e. The highest BCUT2D eigenvalue weighted by atomic mass is 16.7. The van der Waals surface area contributed by atoms with Gasteiger partial charge in [0.1, 0.15) is 0 Å². The summed E-state index contributed by atoms with van der Waals surface area (Å²) in [6, 6.07) is 3.98. The molecule has 0 spiro atoms. The number of hydrogen-bond donors (Lipinski definition) is 0. The quantitative estimate of drug-likeness (QED) is 0.706. The molecule has 5 heteroatoms. The molecule has 2 aliphatic rings. The lowest BCUT2D eigenvalue weighted by molar-refractivity contribution is 0.105. The number of hydrogen-bond acceptors (Lipinski definition) is 4. The second kappa shape index (κ2) is 4.08. The van der Waals surface area contributed by atoms with E-state index >= 15 is 0 Å². The van der Waals surface area contributed by atoms with E-state index in [0.29, 0.717) is 6.54 Å². The Morgan fingerprint density at radius 2 is 2.11 bits per heavy atom. The fourth-order valence-electron chi connectivity index (χ4n) is 2.57. The Balaban J connectivity index is 1.98. The van der Waals surface area contributed by atoms with Crippen LogP contribution in [0.4, 0.5) is 4.79 Å². The van der Waals surface area contributed by atoms with Crippen molar-refractivity contribution in [3.63, 3.8) is 0 Å². The van der Waals surface area contributed by atoms with Crippen molar-refractivity contribution in [3.05, 3.63) is 23.3 Å². The third-order valence-corrected chi connectivity index (χ3v) is 3.58. The number of amides is 1. The summed E-state index contributed by atoms with van der Waals surface area (Å²) in [6.07, 6.45) is 0.525. The van der Waals surface area contributed by atoms with E-state index in [1.807, 2.05) is 19.1 Å². The topological polar surface area (TPSA) is 48.0 Å². The van der Waals surface area contributed by atoms with E-state index in [1.54, 1.807) is 4.90 Å². The van der Waals surface area contributed by atoms with E-state index in [-0.39, 0.29) is 18.9 Å². The van der Waals surface area contributed by atoms with Crippen LogP contribution < -0.4 is 9.47 Å². The summed E-state index contributed by atoms with van der Waals surface area (Å²) < 4.78 is 15.5. The van der Waals surface area contributed by atoms with Gasteiger partial charge in [-0.3, -0.25) is 0 Å². The summed E-state index contributed by atoms with van der Waals surface area (Å²) in [5.41, 5.74) is 2.32. The molecule has 2 aliphatic heterocycles. The number of carbonyl (C=O) groups excluding carboxylic acids is 1. The first kappa shape index (κ1) is 11.2. The van der Waals surface area contributed by atoms with Crippen molar-refractivity contribution in [3.8, 4) is 11.5 Å². The van der Waals surface area contributed by atoms with Crippen LogP contribution in [-0.4, -0.2) is 31.4 Å². The zero-order valence-electron chi connectivity index (χ0n) is 10.4. The van der Waals surface area contributed by atoms with Crippen LogP contribution in [0.15, 0.2) is 12.1 Å². The van der Waals surface area contributed by atoms with Crippen LogP contribution in [0, 0.1) is 0 Å². The summed E-state index contributed by atoms with van der Waals surface area (Å²) in [4.78, 5) is 13.4. The molecule has 96 valence electrons. The zero-order chi connectivity index (χ0) is 12.7. The van der Waals surface area contributed by atoms with Gasteiger partial charge < -0.3 is 19.1 Å². The largest absolute Gasteiger partial charge is 0.454 e. The second-order valence-electron chi connectivity index (χ2n) is 4.49. The fourth-order valence-corrected chi connectivity index (χ4v) is 2.57. The molecule has 0 bridgehead atoms. The molecule has 0 aliphatic carbocycles. The standard InChI is InChI=1S/C13H15NO4/c1-8-10-6-12-11(17-7-18-12)5-9(10)3-4-14(8)13(15)16-2/h5-6,8H,3-4,7H2,1-2H3. The number of rotatable bonds is 0. The van der Waals surface area contributed by atoms with Crippen molar-refractivity contribution in [2.24, 2.45) is 0 Å². The van der Waals surface area contributed by atoms with Crippen molar-refractivity contribution >= 4 is 6.09 Å². The van der Waals surface area contributed by atoms with E-state index in [0.717, 1.165) is 23.5 Å². The Morgan fingerprint density at radius 1 is 1.39 bits per heavy atom. The Labute approximate surface area is 105 Å². The minimum absolute atomic E-state index is 0.00398. The number of methoxy groups -OCH3 is 1. The summed E-state index contributed by atoms with van der Waals surface area (Å²) in [5, 5.41) is 0. The van der Waals surface area contributed by atoms with E-state index in [9.17, 15) is 4.79 Å². The molecule has 1 aromatic rings. The summed E-state index contributed by atoms with van der Waals surface area (Å²) in [6.45, 7) is 2.94. The van der Waals surface area contributed by atoms with Crippen molar-refractivity contribution in [2.75, 3.05) is 20.4 Å². The van der Waals surface area contributed by atoms with Gasteiger partial charge in [0.15, 0.2) is 11.5 Å². The predicted molar refractivity (Wildman–Crippen MR) is 63.8 cm³/mol. The van der Waals surface area contributed by atoms with Gasteiger partial charge in [-0.15, -0.1) is 0 Å². The Hall–Kier alpha value is -1.91. The molecule has 0 saturated heterocycles. The molecule has 1 amide bonds. The first-order valence-corrected chi connectivity index (χ1v) is 5.97. The molecule has 0 radical (unpaired) electrons. The van der Waals surface area contributed by atoms with Gasteiger partial charge in [0.2, 0.25) is 6.79 Å². The van der Waals surface area contributed by atoms with Crippen LogP contribution in [0.1, 0.15) is 24.1 Å². The molecular formula is C13H15NO4. The lowest BCUT2D eigenvalue weighted by Gasteiger charge is -2.34. The van der Waals surface area contributed by atoms with Gasteiger partial charge in [-0.2, -0.15) is 0 Å². The van der Waals surface area contributed by atoms with Crippen molar-refractivity contribution < 1.29 is 19.0 Å². The lowest BCUT2D eigenvalue weighted by atomic mass is 9.93. The molecule has 1 aromatic carbocycles. The first-order valence-electron chi connectivity index (χ1n) is 5.97. The molecule has 1 unspecified atom stereocenters. The summed E-state index contributed by atoms with van der Waals surface area (Å²) in [5.74, 6) is 1.56. The highest BCUT2D eigenvalue weighted by molar-refractivity contribution is 5.69. The average molecular weight is 249 g/mol. The van der Waals surface area contributed by atoms with E-state index in [1.165, 1.54) is 12.7 Å². The predicted octanol–water partition coefficient (Wildman–Crippen LogP) is 2.10.